The first-order chi connectivity index (χ1) is 15.5. The van der Waals surface area contributed by atoms with E-state index in [1.807, 2.05) is 0 Å². The zero-order valence-electron chi connectivity index (χ0n) is 16.1. The van der Waals surface area contributed by atoms with E-state index in [4.69, 9.17) is 106 Å². The molecule has 2 aromatic carbocycles. The molecule has 3 aromatic rings. The summed E-state index contributed by atoms with van der Waals surface area (Å²) >= 11 is 40.0. The molecule has 0 radical (unpaired) electrons. The second kappa shape index (κ2) is 12.8. The van der Waals surface area contributed by atoms with E-state index in [-0.39, 0.29) is 30.8 Å². The maximum absolute atomic E-state index is 8.26. The quantitative estimate of drug-likeness (QED) is 0.104. The number of halogens is 7. The van der Waals surface area contributed by atoms with Crippen LogP contribution in [-0.4, -0.2) is 27.8 Å². The Morgan fingerprint density at radius 1 is 0.970 bits per heavy atom. The van der Waals surface area contributed by atoms with Gasteiger partial charge in [-0.25, -0.2) is 0 Å². The Bertz CT molecular complexity index is 1110. The first-order valence-electron chi connectivity index (χ1n) is 8.51. The molecule has 0 fully saturated rings. The molecule has 3 N–H and O–H groups in total. The minimum Gasteiger partial charge on any atom is -0.484 e. The van der Waals surface area contributed by atoms with Crippen LogP contribution in [-0.2, 0) is 10.4 Å². The van der Waals surface area contributed by atoms with Gasteiger partial charge in [0.25, 0.3) is 9.68 Å². The standard InChI is InChI=1S/C10H5Cl5N2O2.C8H8Cl2N2O2/c11-5-1-2-7(6(12)3-5)18-4-8-16-9(19-17-8)10(13,14)15;9-5-1-2-7(6(10)3-5)14-4-8(11)12-13/h1-3H,4H2;1-3,13H,4H2,(H2,11,12). The molecule has 0 saturated heterocycles. The van der Waals surface area contributed by atoms with Crippen molar-refractivity contribution in [1.82, 2.24) is 10.1 Å². The molecule has 0 aliphatic heterocycles. The van der Waals surface area contributed by atoms with E-state index in [0.717, 1.165) is 0 Å². The molecule has 0 spiro atoms. The third-order valence-electron chi connectivity index (χ3n) is 3.36. The third-order valence-corrected chi connectivity index (χ3v) is 4.91. The van der Waals surface area contributed by atoms with Crippen molar-refractivity contribution in [3.8, 4) is 11.5 Å². The van der Waals surface area contributed by atoms with Crippen LogP contribution in [0.4, 0.5) is 0 Å². The molecule has 0 aliphatic carbocycles. The van der Waals surface area contributed by atoms with Crippen LogP contribution in [0.25, 0.3) is 0 Å². The van der Waals surface area contributed by atoms with Crippen molar-refractivity contribution in [3.05, 3.63) is 68.2 Å². The Labute approximate surface area is 223 Å². The summed E-state index contributed by atoms with van der Waals surface area (Å²) in [4.78, 5) is 3.88. The first kappa shape index (κ1) is 27.7. The zero-order valence-corrected chi connectivity index (χ0v) is 21.4. The number of oxime groups is 1. The van der Waals surface area contributed by atoms with Gasteiger partial charge in [0.2, 0.25) is 5.82 Å². The second-order valence-corrected chi connectivity index (χ2v) is 9.80. The fraction of sp³-hybridized carbons (Fsp3) is 0.167. The molecule has 33 heavy (non-hydrogen) atoms. The smallest absolute Gasteiger partial charge is 0.278 e. The van der Waals surface area contributed by atoms with Crippen LogP contribution in [0.2, 0.25) is 20.1 Å². The molecule has 0 amide bonds. The Kier molecular flexibility index (Phi) is 10.8. The lowest BCUT2D eigenvalue weighted by Gasteiger charge is -2.06. The van der Waals surface area contributed by atoms with Crippen LogP contribution < -0.4 is 15.2 Å². The fourth-order valence-corrected chi connectivity index (χ4v) is 3.09. The molecular weight excluding hydrogens is 584 g/mol. The summed E-state index contributed by atoms with van der Waals surface area (Å²) in [5, 5.41) is 16.4. The molecule has 0 unspecified atom stereocenters. The van der Waals surface area contributed by atoms with Crippen molar-refractivity contribution in [2.45, 2.75) is 10.4 Å². The Balaban J connectivity index is 0.000000245. The maximum Gasteiger partial charge on any atom is 0.278 e. The van der Waals surface area contributed by atoms with Gasteiger partial charge in [0.1, 0.15) is 18.1 Å². The molecule has 3 rings (SSSR count). The monoisotopic (exact) mass is 594 g/mol. The summed E-state index contributed by atoms with van der Waals surface area (Å²) in [6, 6.07) is 9.61. The molecule has 1 heterocycles. The SMILES string of the molecule is Clc1ccc(OCc2noc(C(Cl)(Cl)Cl)n2)c(Cl)c1.N/C(COc1ccc(Cl)cc1Cl)=N\O. The van der Waals surface area contributed by atoms with E-state index in [1.165, 1.54) is 0 Å². The van der Waals surface area contributed by atoms with Crippen molar-refractivity contribution in [2.24, 2.45) is 10.9 Å². The number of alkyl halides is 3. The maximum atomic E-state index is 8.26. The molecule has 0 atom stereocenters. The van der Waals surface area contributed by atoms with Gasteiger partial charge >= 0.3 is 0 Å². The Hall–Kier alpha value is -1.52. The number of amidine groups is 1. The zero-order chi connectivity index (χ0) is 24.6. The lowest BCUT2D eigenvalue weighted by molar-refractivity contribution is 0.285. The summed E-state index contributed by atoms with van der Waals surface area (Å²) in [5.41, 5.74) is 5.21. The van der Waals surface area contributed by atoms with Crippen LogP contribution in [0.5, 0.6) is 11.5 Å². The highest BCUT2D eigenvalue weighted by Crippen LogP contribution is 2.37. The average molecular weight is 597 g/mol. The van der Waals surface area contributed by atoms with Crippen molar-refractivity contribution in [3.63, 3.8) is 0 Å². The number of rotatable bonds is 6. The van der Waals surface area contributed by atoms with Gasteiger partial charge in [-0.1, -0.05) is 91.5 Å². The molecule has 0 aliphatic rings. The van der Waals surface area contributed by atoms with Crippen molar-refractivity contribution < 1.29 is 19.2 Å². The van der Waals surface area contributed by atoms with Gasteiger partial charge in [0.05, 0.1) is 10.0 Å². The Morgan fingerprint density at radius 2 is 1.52 bits per heavy atom. The van der Waals surface area contributed by atoms with Crippen LogP contribution in [0.3, 0.4) is 0 Å². The number of hydrogen-bond donors (Lipinski definition) is 2. The molecular formula is C18H13Cl7N4O4. The van der Waals surface area contributed by atoms with E-state index in [9.17, 15) is 0 Å². The van der Waals surface area contributed by atoms with Crippen LogP contribution >= 0.6 is 81.2 Å². The van der Waals surface area contributed by atoms with Crippen molar-refractivity contribution in [2.75, 3.05) is 6.61 Å². The molecule has 8 nitrogen and oxygen atoms in total. The number of benzene rings is 2. The number of ether oxygens (including phenoxy) is 2. The topological polar surface area (TPSA) is 116 Å². The number of aromatic nitrogens is 2. The van der Waals surface area contributed by atoms with Crippen molar-refractivity contribution >= 4 is 87.0 Å². The van der Waals surface area contributed by atoms with Crippen LogP contribution in [0.15, 0.2) is 46.1 Å². The summed E-state index contributed by atoms with van der Waals surface area (Å²) in [6.45, 7) is -0.0105. The van der Waals surface area contributed by atoms with Gasteiger partial charge in [-0.05, 0) is 36.4 Å². The second-order valence-electron chi connectivity index (χ2n) is 5.83. The minimum atomic E-state index is -1.76. The average Bonchev–Trinajstić information content (AvgIpc) is 3.22. The van der Waals surface area contributed by atoms with Crippen LogP contribution in [0.1, 0.15) is 11.7 Å². The predicted octanol–water partition coefficient (Wildman–Crippen LogP) is 6.90. The largest absolute Gasteiger partial charge is 0.484 e. The van der Waals surface area contributed by atoms with E-state index in [2.05, 4.69) is 15.3 Å². The molecule has 0 bridgehead atoms. The summed E-state index contributed by atoms with van der Waals surface area (Å²) in [6.07, 6.45) is 0. The van der Waals surface area contributed by atoms with Crippen LogP contribution in [0, 0.1) is 0 Å². The normalized spacial score (nSPS) is 11.5. The number of nitrogens with zero attached hydrogens (tertiary/aromatic N) is 3. The third kappa shape index (κ3) is 9.33. The Morgan fingerprint density at radius 3 is 1.97 bits per heavy atom. The van der Waals surface area contributed by atoms with Crippen molar-refractivity contribution in [1.29, 1.82) is 0 Å². The van der Waals surface area contributed by atoms with E-state index < -0.39 is 3.79 Å². The number of nitrogens with two attached hydrogens (primary N) is 1. The first-order valence-corrected chi connectivity index (χ1v) is 11.2. The van der Waals surface area contributed by atoms with E-state index in [1.54, 1.807) is 36.4 Å². The predicted molar refractivity (Wildman–Crippen MR) is 130 cm³/mol. The van der Waals surface area contributed by atoms with Gasteiger partial charge in [-0.3, -0.25) is 0 Å². The van der Waals surface area contributed by atoms with E-state index >= 15 is 0 Å². The van der Waals surface area contributed by atoms with Gasteiger partial charge < -0.3 is 24.9 Å². The van der Waals surface area contributed by atoms with Gasteiger partial charge in [-0.15, -0.1) is 0 Å². The molecule has 1 aromatic heterocycles. The summed E-state index contributed by atoms with van der Waals surface area (Å²) in [5.74, 6) is 0.940. The van der Waals surface area contributed by atoms with Gasteiger partial charge in [0, 0.05) is 10.0 Å². The highest BCUT2D eigenvalue weighted by molar-refractivity contribution is 6.66. The lowest BCUT2D eigenvalue weighted by Crippen LogP contribution is -2.20. The number of hydrogen-bond acceptors (Lipinski definition) is 7. The van der Waals surface area contributed by atoms with Gasteiger partial charge in [0.15, 0.2) is 12.4 Å². The van der Waals surface area contributed by atoms with Gasteiger partial charge in [-0.2, -0.15) is 4.98 Å². The van der Waals surface area contributed by atoms with E-state index in [0.29, 0.717) is 31.6 Å². The fourth-order valence-electron chi connectivity index (χ4n) is 1.94. The lowest BCUT2D eigenvalue weighted by atomic mass is 10.3. The molecule has 0 saturated carbocycles. The highest BCUT2D eigenvalue weighted by atomic mass is 35.6. The highest BCUT2D eigenvalue weighted by Gasteiger charge is 2.30. The molecule has 178 valence electrons. The summed E-state index contributed by atoms with van der Waals surface area (Å²) in [7, 11) is 0. The summed E-state index contributed by atoms with van der Waals surface area (Å²) < 4.78 is 13.6. The molecule has 15 heteroatoms. The minimum absolute atomic E-state index is 0.0194.